The molecule has 1 unspecified atom stereocenters. The highest BCUT2D eigenvalue weighted by molar-refractivity contribution is 5.34. The first-order valence-electron chi connectivity index (χ1n) is 10.2. The van der Waals surface area contributed by atoms with E-state index < -0.39 is 5.79 Å². The van der Waals surface area contributed by atoms with Crippen LogP contribution in [-0.4, -0.2) is 32.4 Å². The average Bonchev–Trinajstić information content (AvgIpc) is 2.81. The second kappa shape index (κ2) is 9.70. The molecule has 1 aliphatic heterocycles. The largest absolute Gasteiger partial charge is 0.492 e. The Morgan fingerprint density at radius 3 is 2.03 bits per heavy atom. The van der Waals surface area contributed by atoms with Crippen molar-refractivity contribution in [1.82, 2.24) is 5.32 Å². The molecule has 150 valence electrons. The van der Waals surface area contributed by atoms with Gasteiger partial charge >= 0.3 is 0 Å². The normalized spacial score (nSPS) is 18.3. The van der Waals surface area contributed by atoms with Gasteiger partial charge in [-0.3, -0.25) is 0 Å². The van der Waals surface area contributed by atoms with E-state index in [0.29, 0.717) is 13.2 Å². The number of nitrogens with one attached hydrogen (secondary N) is 1. The predicted molar refractivity (Wildman–Crippen MR) is 114 cm³/mol. The highest BCUT2D eigenvalue weighted by Gasteiger charge is 2.41. The molecular formula is C25H27NO3. The van der Waals surface area contributed by atoms with Gasteiger partial charge in [-0.15, -0.1) is 0 Å². The molecule has 1 aliphatic rings. The molecule has 0 amide bonds. The van der Waals surface area contributed by atoms with Crippen LogP contribution in [0.25, 0.3) is 0 Å². The standard InChI is InChI=1S/C25H27NO3/c1-4-10-21(11-5-1)25(22-12-6-2-7-13-22)28-18-16-24(29-25)20-26-17-19-27-23-14-8-3-9-15-23/h1-15,24,26H,16-20H2. The molecule has 1 fully saturated rings. The zero-order valence-electron chi connectivity index (χ0n) is 16.5. The van der Waals surface area contributed by atoms with Crippen molar-refractivity contribution in [3.8, 4) is 5.75 Å². The van der Waals surface area contributed by atoms with E-state index in [9.17, 15) is 0 Å². The molecule has 0 aromatic heterocycles. The van der Waals surface area contributed by atoms with Crippen LogP contribution in [-0.2, 0) is 15.3 Å². The summed E-state index contributed by atoms with van der Waals surface area (Å²) in [6, 6.07) is 30.3. The van der Waals surface area contributed by atoms with Crippen molar-refractivity contribution in [1.29, 1.82) is 0 Å². The summed E-state index contributed by atoms with van der Waals surface area (Å²) in [5.41, 5.74) is 2.03. The first-order chi connectivity index (χ1) is 14.4. The molecule has 4 rings (SSSR count). The highest BCUT2D eigenvalue weighted by atomic mass is 16.7. The fourth-order valence-electron chi connectivity index (χ4n) is 3.61. The fraction of sp³-hybridized carbons (Fsp3) is 0.280. The van der Waals surface area contributed by atoms with Gasteiger partial charge in [0.15, 0.2) is 0 Å². The third kappa shape index (κ3) is 4.85. The van der Waals surface area contributed by atoms with Gasteiger partial charge in [-0.25, -0.2) is 0 Å². The number of para-hydroxylation sites is 1. The van der Waals surface area contributed by atoms with Gasteiger partial charge in [0.2, 0.25) is 5.79 Å². The zero-order chi connectivity index (χ0) is 19.8. The number of rotatable bonds is 8. The second-order valence-corrected chi connectivity index (χ2v) is 7.09. The van der Waals surface area contributed by atoms with E-state index in [1.165, 1.54) is 0 Å². The van der Waals surface area contributed by atoms with Gasteiger partial charge in [-0.05, 0) is 18.6 Å². The predicted octanol–water partition coefficient (Wildman–Crippen LogP) is 4.36. The maximum absolute atomic E-state index is 6.59. The number of ether oxygens (including phenoxy) is 3. The van der Waals surface area contributed by atoms with Crippen molar-refractivity contribution >= 4 is 0 Å². The Balaban J connectivity index is 1.38. The summed E-state index contributed by atoms with van der Waals surface area (Å²) < 4.78 is 18.6. The van der Waals surface area contributed by atoms with Gasteiger partial charge in [-0.2, -0.15) is 0 Å². The van der Waals surface area contributed by atoms with Crippen LogP contribution in [0.5, 0.6) is 5.75 Å². The number of hydrogen-bond donors (Lipinski definition) is 1. The van der Waals surface area contributed by atoms with Gasteiger partial charge in [0.05, 0.1) is 12.7 Å². The minimum Gasteiger partial charge on any atom is -0.492 e. The Bertz CT molecular complexity index is 816. The van der Waals surface area contributed by atoms with Gasteiger partial charge in [0.1, 0.15) is 12.4 Å². The molecule has 4 heteroatoms. The minimum absolute atomic E-state index is 0.0564. The first-order valence-corrected chi connectivity index (χ1v) is 10.2. The van der Waals surface area contributed by atoms with Crippen LogP contribution in [0.15, 0.2) is 91.0 Å². The number of benzene rings is 3. The van der Waals surface area contributed by atoms with Crippen molar-refractivity contribution < 1.29 is 14.2 Å². The molecule has 0 aliphatic carbocycles. The lowest BCUT2D eigenvalue weighted by atomic mass is 9.95. The summed E-state index contributed by atoms with van der Waals surface area (Å²) in [5.74, 6) is 0.0250. The van der Waals surface area contributed by atoms with E-state index >= 15 is 0 Å². The Morgan fingerprint density at radius 2 is 1.41 bits per heavy atom. The van der Waals surface area contributed by atoms with Gasteiger partial charge < -0.3 is 19.5 Å². The van der Waals surface area contributed by atoms with Crippen LogP contribution < -0.4 is 10.1 Å². The summed E-state index contributed by atoms with van der Waals surface area (Å²) in [4.78, 5) is 0. The fourth-order valence-corrected chi connectivity index (χ4v) is 3.61. The Morgan fingerprint density at radius 1 is 0.828 bits per heavy atom. The SMILES string of the molecule is c1ccc(OCCNCC2CCOC(c3ccccc3)(c3ccccc3)O2)cc1. The van der Waals surface area contributed by atoms with Crippen LogP contribution in [0.4, 0.5) is 0 Å². The van der Waals surface area contributed by atoms with Crippen molar-refractivity contribution in [2.75, 3.05) is 26.3 Å². The molecule has 4 nitrogen and oxygen atoms in total. The number of hydrogen-bond acceptors (Lipinski definition) is 4. The van der Waals surface area contributed by atoms with Crippen molar-refractivity contribution in [3.63, 3.8) is 0 Å². The van der Waals surface area contributed by atoms with Crippen LogP contribution in [0.2, 0.25) is 0 Å². The van der Waals surface area contributed by atoms with Crippen LogP contribution in [0.3, 0.4) is 0 Å². The van der Waals surface area contributed by atoms with E-state index in [1.807, 2.05) is 66.7 Å². The summed E-state index contributed by atoms with van der Waals surface area (Å²) in [6.07, 6.45) is 0.911. The van der Waals surface area contributed by atoms with Crippen LogP contribution in [0, 0.1) is 0 Å². The van der Waals surface area contributed by atoms with Gasteiger partial charge in [0.25, 0.3) is 0 Å². The van der Waals surface area contributed by atoms with Crippen molar-refractivity contribution in [2.45, 2.75) is 18.3 Å². The summed E-state index contributed by atoms with van der Waals surface area (Å²) in [7, 11) is 0. The average molecular weight is 389 g/mol. The lowest BCUT2D eigenvalue weighted by molar-refractivity contribution is -0.277. The first kappa shape index (κ1) is 19.6. The molecule has 3 aromatic carbocycles. The molecule has 3 aromatic rings. The molecule has 0 saturated carbocycles. The zero-order valence-corrected chi connectivity index (χ0v) is 16.5. The van der Waals surface area contributed by atoms with E-state index in [2.05, 4.69) is 29.6 Å². The monoisotopic (exact) mass is 389 g/mol. The highest BCUT2D eigenvalue weighted by Crippen LogP contribution is 2.39. The maximum Gasteiger partial charge on any atom is 0.222 e. The molecule has 0 radical (unpaired) electrons. The minimum atomic E-state index is -0.867. The van der Waals surface area contributed by atoms with Crippen molar-refractivity contribution in [2.24, 2.45) is 0 Å². The second-order valence-electron chi connectivity index (χ2n) is 7.09. The Kier molecular flexibility index (Phi) is 6.57. The smallest absolute Gasteiger partial charge is 0.222 e. The lowest BCUT2D eigenvalue weighted by Gasteiger charge is -2.42. The van der Waals surface area contributed by atoms with E-state index in [-0.39, 0.29) is 6.10 Å². The van der Waals surface area contributed by atoms with Gasteiger partial charge in [-0.1, -0.05) is 78.9 Å². The Labute approximate surface area is 172 Å². The van der Waals surface area contributed by atoms with E-state index in [4.69, 9.17) is 14.2 Å². The third-order valence-electron chi connectivity index (χ3n) is 5.05. The third-order valence-corrected chi connectivity index (χ3v) is 5.05. The van der Waals surface area contributed by atoms with Crippen LogP contribution >= 0.6 is 0 Å². The molecule has 1 saturated heterocycles. The molecule has 1 atom stereocenters. The molecule has 0 spiro atoms. The van der Waals surface area contributed by atoms with Crippen LogP contribution in [0.1, 0.15) is 17.5 Å². The molecular weight excluding hydrogens is 362 g/mol. The summed E-state index contributed by atoms with van der Waals surface area (Å²) >= 11 is 0. The van der Waals surface area contributed by atoms with E-state index in [1.54, 1.807) is 0 Å². The summed E-state index contributed by atoms with van der Waals surface area (Å²) in [6.45, 7) is 2.79. The lowest BCUT2D eigenvalue weighted by Crippen LogP contribution is -2.47. The molecule has 29 heavy (non-hydrogen) atoms. The van der Waals surface area contributed by atoms with E-state index in [0.717, 1.165) is 36.4 Å². The quantitative estimate of drug-likeness (QED) is 0.581. The maximum atomic E-state index is 6.59. The topological polar surface area (TPSA) is 39.7 Å². The Hall–Kier alpha value is -2.66. The molecule has 0 bridgehead atoms. The summed E-state index contributed by atoms with van der Waals surface area (Å²) in [5, 5.41) is 3.46. The molecule has 1 heterocycles. The van der Waals surface area contributed by atoms with Gasteiger partial charge in [0, 0.05) is 24.2 Å². The van der Waals surface area contributed by atoms with Crippen molar-refractivity contribution in [3.05, 3.63) is 102 Å². The molecule has 1 N–H and O–H groups in total.